The predicted octanol–water partition coefficient (Wildman–Crippen LogP) is 3.04. The molecule has 1 rings (SSSR count). The molecule has 0 aliphatic heterocycles. The van der Waals surface area contributed by atoms with Crippen LogP contribution < -0.4 is 5.32 Å². The van der Waals surface area contributed by atoms with E-state index in [0.717, 1.165) is 30.9 Å². The number of nitrogens with zero attached hydrogens (tertiary/aromatic N) is 2. The summed E-state index contributed by atoms with van der Waals surface area (Å²) >= 11 is 0. The molecule has 1 N–H and O–H groups in total. The highest BCUT2D eigenvalue weighted by molar-refractivity contribution is 5.20. The number of aromatic nitrogens is 2. The van der Waals surface area contributed by atoms with Gasteiger partial charge in [-0.3, -0.25) is 0 Å². The Kier molecular flexibility index (Phi) is 5.56. The summed E-state index contributed by atoms with van der Waals surface area (Å²) in [5.74, 6) is 1.57. The van der Waals surface area contributed by atoms with Crippen molar-refractivity contribution in [3.05, 3.63) is 23.3 Å². The Balaban J connectivity index is 2.74. The largest absolute Gasteiger partial charge is 0.310 e. The molecule has 0 aromatic carbocycles. The molecular formula is C14H25N3. The second kappa shape index (κ2) is 6.70. The highest BCUT2D eigenvalue weighted by atomic mass is 14.9. The van der Waals surface area contributed by atoms with Gasteiger partial charge in [0.25, 0.3) is 0 Å². The molecule has 0 bridgehead atoms. The Hall–Kier alpha value is -0.960. The van der Waals surface area contributed by atoms with E-state index in [4.69, 9.17) is 0 Å². The first kappa shape index (κ1) is 14.1. The fraction of sp³-hybridized carbons (Fsp3) is 0.714. The summed E-state index contributed by atoms with van der Waals surface area (Å²) in [4.78, 5) is 9.05. The van der Waals surface area contributed by atoms with E-state index < -0.39 is 0 Å². The summed E-state index contributed by atoms with van der Waals surface area (Å²) in [6.07, 6.45) is 4.08. The van der Waals surface area contributed by atoms with E-state index >= 15 is 0 Å². The van der Waals surface area contributed by atoms with Gasteiger partial charge in [-0.1, -0.05) is 20.8 Å². The summed E-state index contributed by atoms with van der Waals surface area (Å²) in [5, 5.41) is 3.47. The molecule has 0 aliphatic rings. The molecule has 3 nitrogen and oxygen atoms in total. The highest BCUT2D eigenvalue weighted by Gasteiger charge is 2.10. The average molecular weight is 235 g/mol. The van der Waals surface area contributed by atoms with Crippen molar-refractivity contribution in [2.75, 3.05) is 6.54 Å². The average Bonchev–Trinajstić information content (AvgIpc) is 2.25. The summed E-state index contributed by atoms with van der Waals surface area (Å²) in [6, 6.07) is 0.336. The van der Waals surface area contributed by atoms with Crippen LogP contribution in [-0.2, 0) is 6.42 Å². The van der Waals surface area contributed by atoms with Gasteiger partial charge in [-0.05, 0) is 32.7 Å². The molecule has 0 amide bonds. The van der Waals surface area contributed by atoms with Gasteiger partial charge < -0.3 is 5.32 Å². The summed E-state index contributed by atoms with van der Waals surface area (Å²) in [7, 11) is 0. The lowest BCUT2D eigenvalue weighted by molar-refractivity contribution is 0.559. The zero-order chi connectivity index (χ0) is 12.8. The standard InChI is InChI=1S/C14H25N3/c1-6-7-15-11(4)13-9-16-14(8-10(2)3)17-12(13)5/h9-11,15H,6-8H2,1-5H3. The zero-order valence-electron chi connectivity index (χ0n) is 11.7. The zero-order valence-corrected chi connectivity index (χ0v) is 11.7. The van der Waals surface area contributed by atoms with Crippen molar-refractivity contribution in [1.82, 2.24) is 15.3 Å². The number of rotatable bonds is 6. The normalized spacial score (nSPS) is 13.1. The van der Waals surface area contributed by atoms with Crippen LogP contribution in [0.25, 0.3) is 0 Å². The molecule has 1 heterocycles. The van der Waals surface area contributed by atoms with E-state index in [0.29, 0.717) is 12.0 Å². The van der Waals surface area contributed by atoms with Crippen molar-refractivity contribution in [3.8, 4) is 0 Å². The Labute approximate surface area is 105 Å². The maximum Gasteiger partial charge on any atom is 0.128 e. The Bertz CT molecular complexity index is 347. The lowest BCUT2D eigenvalue weighted by Gasteiger charge is -2.16. The second-order valence-electron chi connectivity index (χ2n) is 5.10. The lowest BCUT2D eigenvalue weighted by Crippen LogP contribution is -2.21. The third-order valence-electron chi connectivity index (χ3n) is 2.83. The van der Waals surface area contributed by atoms with E-state index in [1.165, 1.54) is 5.56 Å². The van der Waals surface area contributed by atoms with Gasteiger partial charge in [-0.15, -0.1) is 0 Å². The first-order chi connectivity index (χ1) is 8.04. The minimum atomic E-state index is 0.336. The maximum absolute atomic E-state index is 4.59. The van der Waals surface area contributed by atoms with Crippen molar-refractivity contribution >= 4 is 0 Å². The van der Waals surface area contributed by atoms with Crippen molar-refractivity contribution in [2.45, 2.75) is 53.5 Å². The molecule has 0 saturated carbocycles. The SMILES string of the molecule is CCCNC(C)c1cnc(CC(C)C)nc1C. The summed E-state index contributed by atoms with van der Waals surface area (Å²) in [5.41, 5.74) is 2.32. The van der Waals surface area contributed by atoms with Gasteiger partial charge in [0.05, 0.1) is 0 Å². The fourth-order valence-electron chi connectivity index (χ4n) is 1.88. The van der Waals surface area contributed by atoms with Crippen LogP contribution in [0.2, 0.25) is 0 Å². The molecule has 0 aliphatic carbocycles. The quantitative estimate of drug-likeness (QED) is 0.823. The number of hydrogen-bond donors (Lipinski definition) is 1. The van der Waals surface area contributed by atoms with Crippen LogP contribution in [0, 0.1) is 12.8 Å². The van der Waals surface area contributed by atoms with Gasteiger partial charge in [0.2, 0.25) is 0 Å². The molecule has 0 radical (unpaired) electrons. The van der Waals surface area contributed by atoms with E-state index in [-0.39, 0.29) is 0 Å². The molecule has 0 fully saturated rings. The van der Waals surface area contributed by atoms with E-state index in [1.807, 2.05) is 6.20 Å². The Morgan fingerprint density at radius 3 is 2.53 bits per heavy atom. The monoisotopic (exact) mass is 235 g/mol. The van der Waals surface area contributed by atoms with Gasteiger partial charge in [-0.25, -0.2) is 9.97 Å². The van der Waals surface area contributed by atoms with Crippen molar-refractivity contribution in [2.24, 2.45) is 5.92 Å². The van der Waals surface area contributed by atoms with Crippen LogP contribution in [0.15, 0.2) is 6.20 Å². The van der Waals surface area contributed by atoms with Gasteiger partial charge in [-0.2, -0.15) is 0 Å². The molecule has 0 spiro atoms. The predicted molar refractivity (Wildman–Crippen MR) is 72.0 cm³/mol. The molecule has 1 aromatic heterocycles. The minimum absolute atomic E-state index is 0.336. The smallest absolute Gasteiger partial charge is 0.128 e. The maximum atomic E-state index is 4.59. The molecule has 1 unspecified atom stereocenters. The van der Waals surface area contributed by atoms with Crippen LogP contribution in [0.3, 0.4) is 0 Å². The van der Waals surface area contributed by atoms with Crippen LogP contribution >= 0.6 is 0 Å². The van der Waals surface area contributed by atoms with Gasteiger partial charge >= 0.3 is 0 Å². The molecule has 3 heteroatoms. The van der Waals surface area contributed by atoms with Crippen molar-refractivity contribution < 1.29 is 0 Å². The van der Waals surface area contributed by atoms with Crippen LogP contribution in [0.5, 0.6) is 0 Å². The molecule has 0 saturated heterocycles. The number of nitrogens with one attached hydrogen (secondary N) is 1. The molecule has 1 aromatic rings. The van der Waals surface area contributed by atoms with Gasteiger partial charge in [0.1, 0.15) is 5.82 Å². The molecule has 96 valence electrons. The fourth-order valence-corrected chi connectivity index (χ4v) is 1.88. The van der Waals surface area contributed by atoms with Crippen LogP contribution in [0.4, 0.5) is 0 Å². The van der Waals surface area contributed by atoms with E-state index in [1.54, 1.807) is 0 Å². The van der Waals surface area contributed by atoms with E-state index in [2.05, 4.69) is 49.9 Å². The molecule has 1 atom stereocenters. The topological polar surface area (TPSA) is 37.8 Å². The molecule has 17 heavy (non-hydrogen) atoms. The number of aryl methyl sites for hydroxylation is 1. The highest BCUT2D eigenvalue weighted by Crippen LogP contribution is 2.15. The number of hydrogen-bond acceptors (Lipinski definition) is 3. The minimum Gasteiger partial charge on any atom is -0.310 e. The second-order valence-corrected chi connectivity index (χ2v) is 5.10. The van der Waals surface area contributed by atoms with Crippen LogP contribution in [0.1, 0.15) is 57.2 Å². The summed E-state index contributed by atoms with van der Waals surface area (Å²) < 4.78 is 0. The van der Waals surface area contributed by atoms with Crippen LogP contribution in [-0.4, -0.2) is 16.5 Å². The van der Waals surface area contributed by atoms with Crippen molar-refractivity contribution in [1.29, 1.82) is 0 Å². The lowest BCUT2D eigenvalue weighted by atomic mass is 10.1. The van der Waals surface area contributed by atoms with E-state index in [9.17, 15) is 0 Å². The van der Waals surface area contributed by atoms with Gasteiger partial charge in [0, 0.05) is 29.9 Å². The first-order valence-electron chi connectivity index (χ1n) is 6.60. The third-order valence-corrected chi connectivity index (χ3v) is 2.83. The van der Waals surface area contributed by atoms with Gasteiger partial charge in [0.15, 0.2) is 0 Å². The Morgan fingerprint density at radius 2 is 2.00 bits per heavy atom. The Morgan fingerprint density at radius 1 is 1.29 bits per heavy atom. The third kappa shape index (κ3) is 4.43. The summed E-state index contributed by atoms with van der Waals surface area (Å²) in [6.45, 7) is 11.8. The first-order valence-corrected chi connectivity index (χ1v) is 6.60. The van der Waals surface area contributed by atoms with Crippen molar-refractivity contribution in [3.63, 3.8) is 0 Å². The molecular weight excluding hydrogens is 210 g/mol.